The van der Waals surface area contributed by atoms with Gasteiger partial charge >= 0.3 is 0 Å². The Morgan fingerprint density at radius 1 is 0.375 bits per heavy atom. The zero-order chi connectivity index (χ0) is 37.0. The van der Waals surface area contributed by atoms with Crippen molar-refractivity contribution >= 4 is 53.6 Å². The number of nitrogens with zero attached hydrogens (tertiary/aromatic N) is 5. The summed E-state index contributed by atoms with van der Waals surface area (Å²) < 4.78 is 9.04. The number of benzene rings is 7. The third kappa shape index (κ3) is 5.52. The Morgan fingerprint density at radius 3 is 1.66 bits per heavy atom. The summed E-state index contributed by atoms with van der Waals surface area (Å²) in [5, 5.41) is 3.12. The molecule has 4 aromatic heterocycles. The molecule has 0 saturated heterocycles. The first kappa shape index (κ1) is 32.1. The van der Waals surface area contributed by atoms with Crippen molar-refractivity contribution in [3.8, 4) is 67.9 Å². The van der Waals surface area contributed by atoms with Gasteiger partial charge in [0.2, 0.25) is 0 Å². The van der Waals surface area contributed by atoms with E-state index in [1.54, 1.807) is 11.3 Å². The van der Waals surface area contributed by atoms with E-state index in [2.05, 4.69) is 103 Å². The third-order valence-corrected chi connectivity index (χ3v) is 11.3. The second-order valence-corrected chi connectivity index (χ2v) is 14.7. The van der Waals surface area contributed by atoms with Crippen molar-refractivity contribution in [2.45, 2.75) is 0 Å². The van der Waals surface area contributed by atoms with Gasteiger partial charge in [0.25, 0.3) is 0 Å². The van der Waals surface area contributed by atoms with Crippen molar-refractivity contribution in [3.05, 3.63) is 176 Å². The first-order valence-electron chi connectivity index (χ1n) is 18.4. The highest BCUT2D eigenvalue weighted by Gasteiger charge is 2.21. The molecule has 0 bridgehead atoms. The molecule has 0 unspecified atom stereocenters. The van der Waals surface area contributed by atoms with Gasteiger partial charge in [-0.1, -0.05) is 146 Å². The predicted octanol–water partition coefficient (Wildman–Crippen LogP) is 12.9. The van der Waals surface area contributed by atoms with Crippen molar-refractivity contribution in [2.24, 2.45) is 0 Å². The van der Waals surface area contributed by atoms with E-state index in [4.69, 9.17) is 29.3 Å². The second kappa shape index (κ2) is 13.2. The van der Waals surface area contributed by atoms with Crippen LogP contribution in [-0.2, 0) is 0 Å². The number of aromatic nitrogens is 5. The minimum absolute atomic E-state index is 0.574. The molecule has 6 nitrogen and oxygen atoms in total. The van der Waals surface area contributed by atoms with E-state index in [1.165, 1.54) is 0 Å². The van der Waals surface area contributed by atoms with Gasteiger partial charge in [-0.3, -0.25) is 0 Å². The van der Waals surface area contributed by atoms with Crippen LogP contribution in [0.5, 0.6) is 0 Å². The number of hydrogen-bond donors (Lipinski definition) is 0. The Morgan fingerprint density at radius 2 is 0.929 bits per heavy atom. The number of fused-ring (bicyclic) bond motifs is 6. The van der Waals surface area contributed by atoms with Gasteiger partial charge in [0, 0.05) is 48.7 Å². The molecule has 0 fully saturated rings. The van der Waals surface area contributed by atoms with Gasteiger partial charge in [-0.15, -0.1) is 11.3 Å². The molecule has 7 aromatic carbocycles. The van der Waals surface area contributed by atoms with Crippen LogP contribution in [0.25, 0.3) is 110 Å². The first-order valence-corrected chi connectivity index (χ1v) is 19.2. The van der Waals surface area contributed by atoms with E-state index in [9.17, 15) is 0 Å². The maximum atomic E-state index is 6.85. The largest absolute Gasteiger partial charge is 0.455 e. The molecule has 11 rings (SSSR count). The lowest BCUT2D eigenvalue weighted by molar-refractivity contribution is 0.670. The highest BCUT2D eigenvalue weighted by molar-refractivity contribution is 7.26. The van der Waals surface area contributed by atoms with Crippen LogP contribution in [-0.4, -0.2) is 24.9 Å². The van der Waals surface area contributed by atoms with Crippen molar-refractivity contribution < 1.29 is 4.42 Å². The summed E-state index contributed by atoms with van der Waals surface area (Å²) in [6.45, 7) is 0. The molecule has 11 aromatic rings. The summed E-state index contributed by atoms with van der Waals surface area (Å²) in [7, 11) is 0. The van der Waals surface area contributed by atoms with E-state index in [-0.39, 0.29) is 0 Å². The number of furan rings is 1. The standard InChI is InChI=1S/C49H29N5OS/c1-4-14-30(15-5-1)33-20-12-21-34(28-33)48-50-42-38-22-10-11-25-41(38)56-45(42)43(51-48)39-24-13-23-37-36-27-26-35(29-40(36)55-44(37)39)49-53-46(31-16-6-2-7-17-31)52-47(54-49)32-18-8-3-9-19-32/h1-29H. The summed E-state index contributed by atoms with van der Waals surface area (Å²) in [4.78, 5) is 25.4. The van der Waals surface area contributed by atoms with Crippen molar-refractivity contribution in [3.63, 3.8) is 0 Å². The molecular weight excluding hydrogens is 707 g/mol. The topological polar surface area (TPSA) is 77.6 Å². The monoisotopic (exact) mass is 735 g/mol. The maximum absolute atomic E-state index is 6.85. The van der Waals surface area contributed by atoms with Crippen molar-refractivity contribution in [1.82, 2.24) is 24.9 Å². The van der Waals surface area contributed by atoms with E-state index in [1.807, 2.05) is 72.8 Å². The molecular formula is C49H29N5OS. The van der Waals surface area contributed by atoms with Crippen LogP contribution in [0.1, 0.15) is 0 Å². The van der Waals surface area contributed by atoms with E-state index in [0.29, 0.717) is 23.3 Å². The Balaban J connectivity index is 1.09. The fourth-order valence-corrected chi connectivity index (χ4v) is 8.58. The zero-order valence-electron chi connectivity index (χ0n) is 29.8. The third-order valence-electron chi connectivity index (χ3n) is 10.2. The molecule has 56 heavy (non-hydrogen) atoms. The Hall–Kier alpha value is -7.35. The highest BCUT2D eigenvalue weighted by atomic mass is 32.1. The zero-order valence-corrected chi connectivity index (χ0v) is 30.6. The molecule has 0 aliphatic rings. The molecule has 0 aliphatic carbocycles. The Labute approximate surface area is 325 Å². The van der Waals surface area contributed by atoms with Crippen LogP contribution in [0.3, 0.4) is 0 Å². The first-order chi connectivity index (χ1) is 27.7. The second-order valence-electron chi connectivity index (χ2n) is 13.7. The molecule has 7 heteroatoms. The fraction of sp³-hybridized carbons (Fsp3) is 0. The van der Waals surface area contributed by atoms with Crippen LogP contribution in [0.2, 0.25) is 0 Å². The SMILES string of the molecule is c1ccc(-c2cccc(-c3nc(-c4cccc5c4oc4cc(-c6nc(-c7ccccc7)nc(-c7ccccc7)n6)ccc45)c4sc5ccccc5c4n3)c2)cc1. The Bertz CT molecular complexity index is 3190. The fourth-order valence-electron chi connectivity index (χ4n) is 7.43. The average Bonchev–Trinajstić information content (AvgIpc) is 3.85. The molecule has 0 radical (unpaired) electrons. The summed E-state index contributed by atoms with van der Waals surface area (Å²) in [6, 6.07) is 59.8. The maximum Gasteiger partial charge on any atom is 0.164 e. The highest BCUT2D eigenvalue weighted by Crippen LogP contribution is 2.43. The van der Waals surface area contributed by atoms with Gasteiger partial charge in [-0.25, -0.2) is 24.9 Å². The van der Waals surface area contributed by atoms with Gasteiger partial charge in [-0.05, 0) is 41.5 Å². The number of para-hydroxylation sites is 1. The molecule has 262 valence electrons. The quantitative estimate of drug-likeness (QED) is 0.169. The summed E-state index contributed by atoms with van der Waals surface area (Å²) in [5.74, 6) is 2.47. The van der Waals surface area contributed by atoms with E-state index >= 15 is 0 Å². The van der Waals surface area contributed by atoms with Crippen molar-refractivity contribution in [1.29, 1.82) is 0 Å². The summed E-state index contributed by atoms with van der Waals surface area (Å²) in [5.41, 5.74) is 10.1. The molecule has 0 aliphatic heterocycles. The normalized spacial score (nSPS) is 11.6. The van der Waals surface area contributed by atoms with Crippen LogP contribution in [0.15, 0.2) is 180 Å². The Kier molecular flexibility index (Phi) is 7.57. The molecule has 0 spiro atoms. The average molecular weight is 736 g/mol. The molecule has 0 N–H and O–H groups in total. The van der Waals surface area contributed by atoms with Gasteiger partial charge in [0.1, 0.15) is 11.2 Å². The minimum atomic E-state index is 0.574. The molecule has 4 heterocycles. The summed E-state index contributed by atoms with van der Waals surface area (Å²) in [6.07, 6.45) is 0. The number of hydrogen-bond acceptors (Lipinski definition) is 7. The lowest BCUT2D eigenvalue weighted by Crippen LogP contribution is -2.00. The lowest BCUT2D eigenvalue weighted by Gasteiger charge is -2.09. The predicted molar refractivity (Wildman–Crippen MR) is 228 cm³/mol. The van der Waals surface area contributed by atoms with E-state index < -0.39 is 0 Å². The van der Waals surface area contributed by atoms with Crippen LogP contribution in [0.4, 0.5) is 0 Å². The van der Waals surface area contributed by atoms with Crippen molar-refractivity contribution in [2.75, 3.05) is 0 Å². The molecule has 0 saturated carbocycles. The van der Waals surface area contributed by atoms with E-state index in [0.717, 1.165) is 86.9 Å². The van der Waals surface area contributed by atoms with Gasteiger partial charge < -0.3 is 4.42 Å². The minimum Gasteiger partial charge on any atom is -0.455 e. The summed E-state index contributed by atoms with van der Waals surface area (Å²) >= 11 is 1.71. The van der Waals surface area contributed by atoms with Crippen LogP contribution in [0, 0.1) is 0 Å². The number of thiophene rings is 1. The van der Waals surface area contributed by atoms with Gasteiger partial charge in [-0.2, -0.15) is 0 Å². The van der Waals surface area contributed by atoms with Gasteiger partial charge in [0.05, 0.1) is 15.9 Å². The smallest absolute Gasteiger partial charge is 0.164 e. The van der Waals surface area contributed by atoms with Crippen LogP contribution >= 0.6 is 11.3 Å². The van der Waals surface area contributed by atoms with Crippen LogP contribution < -0.4 is 0 Å². The molecule has 0 atom stereocenters. The lowest BCUT2D eigenvalue weighted by atomic mass is 10.0. The van der Waals surface area contributed by atoms with Gasteiger partial charge in [0.15, 0.2) is 23.3 Å². The number of rotatable bonds is 6. The molecule has 0 amide bonds.